The summed E-state index contributed by atoms with van der Waals surface area (Å²) >= 11 is 0. The van der Waals surface area contributed by atoms with E-state index in [0.717, 1.165) is 18.2 Å². The van der Waals surface area contributed by atoms with Crippen molar-refractivity contribution in [1.82, 2.24) is 0 Å². The predicted molar refractivity (Wildman–Crippen MR) is 51.1 cm³/mol. The second-order valence-electron chi connectivity index (χ2n) is 3.32. The Bertz CT molecular complexity index is 377. The van der Waals surface area contributed by atoms with Crippen LogP contribution < -0.4 is 5.73 Å². The van der Waals surface area contributed by atoms with Gasteiger partial charge in [0.05, 0.1) is 18.1 Å². The molecule has 16 heavy (non-hydrogen) atoms. The number of hydrogen-bond donors (Lipinski definition) is 3. The van der Waals surface area contributed by atoms with Gasteiger partial charge in [-0.25, -0.2) is 8.78 Å². The molecule has 0 spiro atoms. The van der Waals surface area contributed by atoms with Gasteiger partial charge in [-0.05, 0) is 12.1 Å². The quantitative estimate of drug-likeness (QED) is 0.693. The lowest BCUT2D eigenvalue weighted by Crippen LogP contribution is -2.26. The van der Waals surface area contributed by atoms with Gasteiger partial charge in [0.2, 0.25) is 5.91 Å². The first kappa shape index (κ1) is 12.5. The number of hydrogen-bond acceptors (Lipinski definition) is 3. The average molecular weight is 231 g/mol. The largest absolute Gasteiger partial charge is 0.390 e. The van der Waals surface area contributed by atoms with E-state index in [4.69, 9.17) is 5.73 Å². The molecular weight excluding hydrogens is 220 g/mol. The third-order valence-corrected chi connectivity index (χ3v) is 2.07. The van der Waals surface area contributed by atoms with E-state index in [-0.39, 0.29) is 0 Å². The summed E-state index contributed by atoms with van der Waals surface area (Å²) in [6, 6.07) is 3.01. The van der Waals surface area contributed by atoms with E-state index in [1.807, 2.05) is 0 Å². The van der Waals surface area contributed by atoms with Crippen molar-refractivity contribution < 1.29 is 23.8 Å². The van der Waals surface area contributed by atoms with E-state index in [1.54, 1.807) is 0 Å². The molecule has 0 bridgehead atoms. The Morgan fingerprint density at radius 1 is 1.31 bits per heavy atom. The zero-order valence-electron chi connectivity index (χ0n) is 8.23. The standard InChI is InChI=1S/C10H11F2NO3/c11-5-2-1-3-6(12)9(5)10(16)7(14)4-8(13)15/h1-3,7,10,14,16H,4H2,(H2,13,15). The molecular formula is C10H11F2NO3. The van der Waals surface area contributed by atoms with E-state index in [9.17, 15) is 23.8 Å². The van der Waals surface area contributed by atoms with Crippen molar-refractivity contribution in [3.63, 3.8) is 0 Å². The molecule has 0 aliphatic carbocycles. The number of carbonyl (C=O) groups excluding carboxylic acids is 1. The molecule has 0 saturated heterocycles. The topological polar surface area (TPSA) is 83.6 Å². The van der Waals surface area contributed by atoms with Crippen molar-refractivity contribution in [2.45, 2.75) is 18.6 Å². The molecule has 88 valence electrons. The van der Waals surface area contributed by atoms with Gasteiger partial charge in [0.1, 0.15) is 17.7 Å². The lowest BCUT2D eigenvalue weighted by molar-refractivity contribution is -0.121. The third kappa shape index (κ3) is 2.74. The molecule has 0 heterocycles. The van der Waals surface area contributed by atoms with Gasteiger partial charge in [-0.15, -0.1) is 0 Å². The smallest absolute Gasteiger partial charge is 0.220 e. The Labute approximate surface area is 90.3 Å². The second-order valence-corrected chi connectivity index (χ2v) is 3.32. The van der Waals surface area contributed by atoms with E-state index >= 15 is 0 Å². The normalized spacial score (nSPS) is 14.5. The lowest BCUT2D eigenvalue weighted by Gasteiger charge is -2.17. The van der Waals surface area contributed by atoms with Gasteiger partial charge in [-0.2, -0.15) is 0 Å². The van der Waals surface area contributed by atoms with Crippen molar-refractivity contribution in [3.8, 4) is 0 Å². The minimum atomic E-state index is -1.83. The molecule has 4 N–H and O–H groups in total. The highest BCUT2D eigenvalue weighted by atomic mass is 19.1. The molecule has 0 aliphatic rings. The Hall–Kier alpha value is -1.53. The maximum absolute atomic E-state index is 13.2. The number of halogens is 2. The molecule has 2 unspecified atom stereocenters. The number of amides is 1. The molecule has 1 aromatic rings. The zero-order valence-corrected chi connectivity index (χ0v) is 8.23. The van der Waals surface area contributed by atoms with Gasteiger partial charge in [0.15, 0.2) is 0 Å². The summed E-state index contributed by atoms with van der Waals surface area (Å²) in [5.74, 6) is -2.85. The van der Waals surface area contributed by atoms with Crippen molar-refractivity contribution >= 4 is 5.91 Å². The number of primary amides is 1. The number of aliphatic hydroxyl groups is 2. The molecule has 1 aromatic carbocycles. The first-order valence-electron chi connectivity index (χ1n) is 4.51. The van der Waals surface area contributed by atoms with Crippen LogP contribution in [0.5, 0.6) is 0 Å². The minimum absolute atomic E-state index is 0.574. The van der Waals surface area contributed by atoms with E-state index in [0.29, 0.717) is 0 Å². The predicted octanol–water partition coefficient (Wildman–Crippen LogP) is 0.234. The molecule has 1 rings (SSSR count). The average Bonchev–Trinajstić information content (AvgIpc) is 2.16. The van der Waals surface area contributed by atoms with Gasteiger partial charge in [-0.1, -0.05) is 6.07 Å². The van der Waals surface area contributed by atoms with Gasteiger partial charge < -0.3 is 15.9 Å². The Kier molecular flexibility index (Phi) is 3.92. The summed E-state index contributed by atoms with van der Waals surface area (Å²) in [6.07, 6.45) is -4.04. The van der Waals surface area contributed by atoms with Crippen LogP contribution in [0.4, 0.5) is 8.78 Å². The summed E-state index contributed by atoms with van der Waals surface area (Å²) in [5.41, 5.74) is 4.12. The van der Waals surface area contributed by atoms with Crippen molar-refractivity contribution in [2.75, 3.05) is 0 Å². The molecule has 0 fully saturated rings. The maximum Gasteiger partial charge on any atom is 0.220 e. The number of nitrogens with two attached hydrogens (primary N) is 1. The molecule has 0 aliphatic heterocycles. The number of aliphatic hydroxyl groups excluding tert-OH is 2. The first-order chi connectivity index (χ1) is 7.43. The SMILES string of the molecule is NC(=O)CC(O)C(O)c1c(F)cccc1F. The molecule has 0 radical (unpaired) electrons. The van der Waals surface area contributed by atoms with Crippen LogP contribution in [0.1, 0.15) is 18.1 Å². The maximum atomic E-state index is 13.2. The number of benzene rings is 1. The van der Waals surface area contributed by atoms with Gasteiger partial charge >= 0.3 is 0 Å². The highest BCUT2D eigenvalue weighted by Gasteiger charge is 2.25. The van der Waals surface area contributed by atoms with Crippen LogP contribution in [-0.2, 0) is 4.79 Å². The molecule has 0 aromatic heterocycles. The summed E-state index contributed by atoms with van der Waals surface area (Å²) in [5, 5.41) is 18.8. The van der Waals surface area contributed by atoms with E-state index in [2.05, 4.69) is 0 Å². The molecule has 0 saturated carbocycles. The number of rotatable bonds is 4. The van der Waals surface area contributed by atoms with Crippen molar-refractivity contribution in [2.24, 2.45) is 5.73 Å². The van der Waals surface area contributed by atoms with Gasteiger partial charge in [-0.3, -0.25) is 4.79 Å². The molecule has 6 heteroatoms. The summed E-state index contributed by atoms with van der Waals surface area (Å²) in [7, 11) is 0. The monoisotopic (exact) mass is 231 g/mol. The zero-order chi connectivity index (χ0) is 12.3. The molecule has 4 nitrogen and oxygen atoms in total. The van der Waals surface area contributed by atoms with Crippen LogP contribution in [-0.4, -0.2) is 22.2 Å². The highest BCUT2D eigenvalue weighted by molar-refractivity contribution is 5.74. The van der Waals surface area contributed by atoms with Crippen LogP contribution in [0.25, 0.3) is 0 Å². The van der Waals surface area contributed by atoms with Crippen LogP contribution in [0.2, 0.25) is 0 Å². The lowest BCUT2D eigenvalue weighted by atomic mass is 10.0. The highest BCUT2D eigenvalue weighted by Crippen LogP contribution is 2.24. The van der Waals surface area contributed by atoms with E-state index in [1.165, 1.54) is 0 Å². The molecule has 2 atom stereocenters. The van der Waals surface area contributed by atoms with Crippen molar-refractivity contribution in [1.29, 1.82) is 0 Å². The number of carbonyl (C=O) groups is 1. The van der Waals surface area contributed by atoms with Gasteiger partial charge in [0.25, 0.3) is 0 Å². The van der Waals surface area contributed by atoms with Gasteiger partial charge in [0, 0.05) is 0 Å². The van der Waals surface area contributed by atoms with Crippen LogP contribution >= 0.6 is 0 Å². The van der Waals surface area contributed by atoms with Crippen LogP contribution in [0.3, 0.4) is 0 Å². The van der Waals surface area contributed by atoms with E-state index < -0.39 is 41.7 Å². The van der Waals surface area contributed by atoms with Crippen LogP contribution in [0, 0.1) is 11.6 Å². The fraction of sp³-hybridized carbons (Fsp3) is 0.300. The fourth-order valence-corrected chi connectivity index (χ4v) is 1.30. The molecule has 1 amide bonds. The third-order valence-electron chi connectivity index (χ3n) is 2.07. The Morgan fingerprint density at radius 2 is 1.81 bits per heavy atom. The van der Waals surface area contributed by atoms with Crippen LogP contribution in [0.15, 0.2) is 18.2 Å². The first-order valence-corrected chi connectivity index (χ1v) is 4.51. The fourth-order valence-electron chi connectivity index (χ4n) is 1.30. The van der Waals surface area contributed by atoms with Crippen molar-refractivity contribution in [3.05, 3.63) is 35.4 Å². The minimum Gasteiger partial charge on any atom is -0.390 e. The second kappa shape index (κ2) is 5.00. The summed E-state index contributed by atoms with van der Waals surface area (Å²) in [6.45, 7) is 0. The summed E-state index contributed by atoms with van der Waals surface area (Å²) < 4.78 is 26.3. The Morgan fingerprint density at radius 3 is 2.25 bits per heavy atom. The summed E-state index contributed by atoms with van der Waals surface area (Å²) in [4.78, 5) is 10.5. The Balaban J connectivity index is 2.95.